The lowest BCUT2D eigenvalue weighted by atomic mass is 10.3. The number of methoxy groups -OCH3 is 1. The van der Waals surface area contributed by atoms with E-state index in [1.54, 1.807) is 25.1 Å². The molecule has 0 spiro atoms. The standard InChI is InChI=1S/C13H17N3OS/c1-15(2)11-9-10(17-4)5-6-12(11)18-13-14-7-8-16(13)3/h5-9H,1-4H3. The van der Waals surface area contributed by atoms with Gasteiger partial charge >= 0.3 is 0 Å². The predicted molar refractivity (Wildman–Crippen MR) is 74.7 cm³/mol. The quantitative estimate of drug-likeness (QED) is 0.848. The number of rotatable bonds is 4. The molecule has 0 saturated carbocycles. The van der Waals surface area contributed by atoms with Gasteiger partial charge in [-0.2, -0.15) is 0 Å². The van der Waals surface area contributed by atoms with Crippen molar-refractivity contribution in [2.24, 2.45) is 7.05 Å². The highest BCUT2D eigenvalue weighted by atomic mass is 32.2. The lowest BCUT2D eigenvalue weighted by molar-refractivity contribution is 0.414. The molecule has 0 aliphatic heterocycles. The highest BCUT2D eigenvalue weighted by Gasteiger charge is 2.10. The average molecular weight is 263 g/mol. The van der Waals surface area contributed by atoms with Crippen LogP contribution in [0.1, 0.15) is 0 Å². The van der Waals surface area contributed by atoms with Crippen LogP contribution in [0.3, 0.4) is 0 Å². The summed E-state index contributed by atoms with van der Waals surface area (Å²) in [6.45, 7) is 0. The smallest absolute Gasteiger partial charge is 0.172 e. The van der Waals surface area contributed by atoms with E-state index in [2.05, 4.69) is 16.0 Å². The summed E-state index contributed by atoms with van der Waals surface area (Å²) < 4.78 is 7.27. The molecule has 0 amide bonds. The average Bonchev–Trinajstić information content (AvgIpc) is 2.75. The zero-order chi connectivity index (χ0) is 13.1. The molecule has 0 fully saturated rings. The Morgan fingerprint density at radius 3 is 2.67 bits per heavy atom. The maximum absolute atomic E-state index is 5.26. The first-order valence-corrected chi connectivity index (χ1v) is 6.44. The molecule has 96 valence electrons. The molecule has 1 heterocycles. The van der Waals surface area contributed by atoms with Gasteiger partial charge in [-0.05, 0) is 23.9 Å². The van der Waals surface area contributed by atoms with Crippen LogP contribution in [0.25, 0.3) is 0 Å². The highest BCUT2D eigenvalue weighted by molar-refractivity contribution is 7.99. The Labute approximate surface area is 112 Å². The maximum atomic E-state index is 5.26. The van der Waals surface area contributed by atoms with Crippen molar-refractivity contribution in [3.63, 3.8) is 0 Å². The van der Waals surface area contributed by atoms with Gasteiger partial charge in [0, 0.05) is 44.5 Å². The Morgan fingerprint density at radius 2 is 2.11 bits per heavy atom. The van der Waals surface area contributed by atoms with Gasteiger partial charge < -0.3 is 14.2 Å². The zero-order valence-corrected chi connectivity index (χ0v) is 11.9. The molecule has 4 nitrogen and oxygen atoms in total. The molecule has 5 heteroatoms. The molecule has 18 heavy (non-hydrogen) atoms. The predicted octanol–water partition coefficient (Wildman–Crippen LogP) is 2.65. The summed E-state index contributed by atoms with van der Waals surface area (Å²) in [7, 11) is 7.73. The lowest BCUT2D eigenvalue weighted by Crippen LogP contribution is -2.10. The van der Waals surface area contributed by atoms with Crippen molar-refractivity contribution < 1.29 is 4.74 Å². The summed E-state index contributed by atoms with van der Waals surface area (Å²) in [6.07, 6.45) is 3.75. The van der Waals surface area contributed by atoms with E-state index < -0.39 is 0 Å². The van der Waals surface area contributed by atoms with Crippen LogP contribution >= 0.6 is 11.8 Å². The second-order valence-electron chi connectivity index (χ2n) is 4.15. The maximum Gasteiger partial charge on any atom is 0.172 e. The van der Waals surface area contributed by atoms with Gasteiger partial charge in [0.2, 0.25) is 0 Å². The highest BCUT2D eigenvalue weighted by Crippen LogP contribution is 2.35. The Hall–Kier alpha value is -1.62. The molecular weight excluding hydrogens is 246 g/mol. The van der Waals surface area contributed by atoms with Crippen LogP contribution in [0, 0.1) is 0 Å². The van der Waals surface area contributed by atoms with E-state index in [0.717, 1.165) is 21.5 Å². The van der Waals surface area contributed by atoms with Crippen molar-refractivity contribution in [2.45, 2.75) is 10.1 Å². The lowest BCUT2D eigenvalue weighted by Gasteiger charge is -2.17. The van der Waals surface area contributed by atoms with Crippen LogP contribution in [0.2, 0.25) is 0 Å². The molecule has 0 aliphatic rings. The summed E-state index contributed by atoms with van der Waals surface area (Å²) in [4.78, 5) is 7.57. The zero-order valence-electron chi connectivity index (χ0n) is 11.0. The number of anilines is 1. The van der Waals surface area contributed by atoms with Crippen LogP contribution in [0.15, 0.2) is 40.6 Å². The van der Waals surface area contributed by atoms with Gasteiger partial charge in [0.1, 0.15) is 5.75 Å². The number of benzene rings is 1. The third-order valence-electron chi connectivity index (χ3n) is 2.63. The van der Waals surface area contributed by atoms with Crippen molar-refractivity contribution in [3.8, 4) is 5.75 Å². The second-order valence-corrected chi connectivity index (χ2v) is 5.16. The van der Waals surface area contributed by atoms with E-state index in [-0.39, 0.29) is 0 Å². The molecule has 1 aromatic carbocycles. The molecule has 2 rings (SSSR count). The first-order chi connectivity index (χ1) is 8.61. The fourth-order valence-electron chi connectivity index (χ4n) is 1.61. The summed E-state index contributed by atoms with van der Waals surface area (Å²) in [5, 5.41) is 0.975. The number of hydrogen-bond acceptors (Lipinski definition) is 4. The van der Waals surface area contributed by atoms with Crippen LogP contribution in [-0.4, -0.2) is 30.8 Å². The van der Waals surface area contributed by atoms with Crippen LogP contribution in [-0.2, 0) is 7.05 Å². The van der Waals surface area contributed by atoms with Crippen molar-refractivity contribution in [1.82, 2.24) is 9.55 Å². The van der Waals surface area contributed by atoms with E-state index in [9.17, 15) is 0 Å². The number of aryl methyl sites for hydroxylation is 1. The summed E-state index contributed by atoms with van der Waals surface area (Å²) in [5.41, 5.74) is 1.13. The van der Waals surface area contributed by atoms with Gasteiger partial charge in [-0.15, -0.1) is 0 Å². The van der Waals surface area contributed by atoms with Gasteiger partial charge in [-0.25, -0.2) is 4.98 Å². The van der Waals surface area contributed by atoms with Crippen molar-refractivity contribution in [2.75, 3.05) is 26.1 Å². The van der Waals surface area contributed by atoms with Gasteiger partial charge in [-0.1, -0.05) is 0 Å². The third kappa shape index (κ3) is 2.61. The molecule has 0 N–H and O–H groups in total. The third-order valence-corrected chi connectivity index (χ3v) is 3.77. The summed E-state index contributed by atoms with van der Waals surface area (Å²) >= 11 is 1.65. The fourth-order valence-corrected chi connectivity index (χ4v) is 2.61. The Morgan fingerprint density at radius 1 is 1.33 bits per heavy atom. The Balaban J connectivity index is 2.35. The summed E-state index contributed by atoms with van der Waals surface area (Å²) in [5.74, 6) is 0.864. The first kappa shape index (κ1) is 12.8. The second kappa shape index (κ2) is 5.35. The number of aromatic nitrogens is 2. The normalized spacial score (nSPS) is 10.4. The molecule has 0 aliphatic carbocycles. The van der Waals surface area contributed by atoms with Gasteiger partial charge in [0.15, 0.2) is 5.16 Å². The number of nitrogens with zero attached hydrogens (tertiary/aromatic N) is 3. The number of hydrogen-bond donors (Lipinski definition) is 0. The topological polar surface area (TPSA) is 30.3 Å². The minimum Gasteiger partial charge on any atom is -0.497 e. The largest absolute Gasteiger partial charge is 0.497 e. The molecule has 2 aromatic rings. The van der Waals surface area contributed by atoms with Gasteiger partial charge in [0.25, 0.3) is 0 Å². The van der Waals surface area contributed by atoms with E-state index in [1.165, 1.54) is 0 Å². The van der Waals surface area contributed by atoms with Gasteiger partial charge in [0.05, 0.1) is 12.8 Å². The SMILES string of the molecule is COc1ccc(Sc2nccn2C)c(N(C)C)c1. The minimum atomic E-state index is 0.864. The molecule has 0 atom stereocenters. The molecule has 0 saturated heterocycles. The Bertz CT molecular complexity index is 537. The molecule has 1 aromatic heterocycles. The monoisotopic (exact) mass is 263 g/mol. The Kier molecular flexibility index (Phi) is 3.81. The van der Waals surface area contributed by atoms with E-state index in [4.69, 9.17) is 4.74 Å². The van der Waals surface area contributed by atoms with E-state index in [1.807, 2.05) is 44.0 Å². The van der Waals surface area contributed by atoms with Crippen molar-refractivity contribution >= 4 is 17.4 Å². The van der Waals surface area contributed by atoms with Crippen LogP contribution in [0.4, 0.5) is 5.69 Å². The number of imidazole rings is 1. The first-order valence-electron chi connectivity index (χ1n) is 5.62. The van der Waals surface area contributed by atoms with Crippen molar-refractivity contribution in [3.05, 3.63) is 30.6 Å². The number of ether oxygens (including phenoxy) is 1. The fraction of sp³-hybridized carbons (Fsp3) is 0.308. The molecule has 0 radical (unpaired) electrons. The van der Waals surface area contributed by atoms with E-state index in [0.29, 0.717) is 0 Å². The molecule has 0 unspecified atom stereocenters. The molecular formula is C13H17N3OS. The minimum absolute atomic E-state index is 0.864. The van der Waals surface area contributed by atoms with Gasteiger partial charge in [-0.3, -0.25) is 0 Å². The van der Waals surface area contributed by atoms with Crippen LogP contribution in [0.5, 0.6) is 5.75 Å². The molecule has 0 bridgehead atoms. The van der Waals surface area contributed by atoms with Crippen LogP contribution < -0.4 is 9.64 Å². The summed E-state index contributed by atoms with van der Waals surface area (Å²) in [6, 6.07) is 6.07. The van der Waals surface area contributed by atoms with Crippen molar-refractivity contribution in [1.29, 1.82) is 0 Å². The van der Waals surface area contributed by atoms with E-state index >= 15 is 0 Å².